The van der Waals surface area contributed by atoms with E-state index in [1.165, 1.54) is 77.0 Å². The fraction of sp³-hybridized carbons (Fsp3) is 0.627. The summed E-state index contributed by atoms with van der Waals surface area (Å²) in [5.74, 6) is -0.982. The summed E-state index contributed by atoms with van der Waals surface area (Å²) in [6.45, 7) is 6.35. The SMILES string of the molecule is CC/C=C\C/C=C\C/C=C\C/C=C\C/C=C\C/C=C\C/C=C\CCCC(=O)OCC(COC(=O)CCCCCCCCCCCCCCC)OC(=O)CCCCCCCC/C=C\C/C=C\C/C=C\C/C=C\CC. The van der Waals surface area contributed by atoms with E-state index < -0.39 is 6.10 Å². The first-order valence-electron chi connectivity index (χ1n) is 29.7. The summed E-state index contributed by atoms with van der Waals surface area (Å²) >= 11 is 0. The van der Waals surface area contributed by atoms with Crippen molar-refractivity contribution in [1.82, 2.24) is 0 Å². The Morgan fingerprint density at radius 1 is 0.288 bits per heavy atom. The minimum Gasteiger partial charge on any atom is -0.462 e. The van der Waals surface area contributed by atoms with Gasteiger partial charge in [0, 0.05) is 19.3 Å². The number of carbonyl (C=O) groups is 3. The van der Waals surface area contributed by atoms with Crippen LogP contribution in [0.25, 0.3) is 0 Å². The quantitative estimate of drug-likeness (QED) is 0.0261. The zero-order valence-electron chi connectivity index (χ0n) is 47.1. The number of carbonyl (C=O) groups excluding carboxylic acids is 3. The van der Waals surface area contributed by atoms with E-state index in [0.717, 1.165) is 128 Å². The molecule has 0 heterocycles. The van der Waals surface area contributed by atoms with Crippen molar-refractivity contribution in [2.24, 2.45) is 0 Å². The maximum absolute atomic E-state index is 12.9. The summed E-state index contributed by atoms with van der Waals surface area (Å²) in [6, 6.07) is 0. The van der Waals surface area contributed by atoms with Gasteiger partial charge in [-0.1, -0.05) is 257 Å². The molecule has 412 valence electrons. The molecule has 1 unspecified atom stereocenters. The van der Waals surface area contributed by atoms with Crippen LogP contribution in [-0.4, -0.2) is 37.2 Å². The summed E-state index contributed by atoms with van der Waals surface area (Å²) in [5.41, 5.74) is 0. The predicted molar refractivity (Wildman–Crippen MR) is 316 cm³/mol. The average molecular weight is 1010 g/mol. The summed E-state index contributed by atoms with van der Waals surface area (Å²) in [7, 11) is 0. The highest BCUT2D eigenvalue weighted by Crippen LogP contribution is 2.15. The highest BCUT2D eigenvalue weighted by atomic mass is 16.6. The topological polar surface area (TPSA) is 78.9 Å². The van der Waals surface area contributed by atoms with Crippen LogP contribution in [-0.2, 0) is 28.6 Å². The maximum Gasteiger partial charge on any atom is 0.306 e. The fourth-order valence-electron chi connectivity index (χ4n) is 7.78. The van der Waals surface area contributed by atoms with Gasteiger partial charge in [0.15, 0.2) is 6.10 Å². The summed E-state index contributed by atoms with van der Waals surface area (Å²) < 4.78 is 16.8. The summed E-state index contributed by atoms with van der Waals surface area (Å²) in [6.07, 6.45) is 84.4. The van der Waals surface area contributed by atoms with Gasteiger partial charge >= 0.3 is 17.9 Å². The molecule has 1 atom stereocenters. The number of allylic oxidation sites excluding steroid dienone is 22. The molecule has 6 heteroatoms. The second kappa shape index (κ2) is 60.1. The fourth-order valence-corrected chi connectivity index (χ4v) is 7.78. The van der Waals surface area contributed by atoms with Crippen LogP contribution in [0, 0.1) is 0 Å². The summed E-state index contributed by atoms with van der Waals surface area (Å²) in [5, 5.41) is 0. The lowest BCUT2D eigenvalue weighted by Gasteiger charge is -2.18. The molecule has 0 spiro atoms. The van der Waals surface area contributed by atoms with Crippen LogP contribution in [0.2, 0.25) is 0 Å². The Bertz CT molecular complexity index is 1580. The predicted octanol–water partition coefficient (Wildman–Crippen LogP) is 20.2. The highest BCUT2D eigenvalue weighted by molar-refractivity contribution is 5.71. The van der Waals surface area contributed by atoms with E-state index in [0.29, 0.717) is 19.3 Å². The third-order valence-corrected chi connectivity index (χ3v) is 12.2. The molecule has 0 saturated heterocycles. The van der Waals surface area contributed by atoms with Crippen LogP contribution in [0.1, 0.15) is 252 Å². The average Bonchev–Trinajstić information content (AvgIpc) is 3.39. The van der Waals surface area contributed by atoms with Crippen LogP contribution in [0.3, 0.4) is 0 Å². The number of unbranched alkanes of at least 4 members (excludes halogenated alkanes) is 19. The first-order valence-corrected chi connectivity index (χ1v) is 29.7. The van der Waals surface area contributed by atoms with Crippen LogP contribution in [0.5, 0.6) is 0 Å². The van der Waals surface area contributed by atoms with E-state index in [9.17, 15) is 14.4 Å². The molecule has 0 aliphatic heterocycles. The lowest BCUT2D eigenvalue weighted by Crippen LogP contribution is -2.30. The molecule has 0 N–H and O–H groups in total. The highest BCUT2D eigenvalue weighted by Gasteiger charge is 2.19. The van der Waals surface area contributed by atoms with Gasteiger partial charge in [-0.2, -0.15) is 0 Å². The Morgan fingerprint density at radius 2 is 0.548 bits per heavy atom. The van der Waals surface area contributed by atoms with Crippen LogP contribution in [0.4, 0.5) is 0 Å². The van der Waals surface area contributed by atoms with Gasteiger partial charge in [0.05, 0.1) is 0 Å². The lowest BCUT2D eigenvalue weighted by molar-refractivity contribution is -0.167. The Kier molecular flexibility index (Phi) is 56.4. The standard InChI is InChI=1S/C67H108O6/c1-4-7-10-13-16-19-22-25-27-29-31-32-33-34-36-37-39-42-45-48-51-54-57-60-66(69)72-63-64(62-71-65(68)59-56-53-50-47-44-41-24-21-18-15-12-9-6-3)73-67(70)61-58-55-52-49-46-43-40-38-35-30-28-26-23-20-17-14-11-8-5-2/h7-8,10-11,16-17,19-20,25-28,31-32,34-36,38-39,42,48,51,64H,4-6,9,12-15,18,21-24,29-30,33,37,40-41,43-47,49-50,52-63H2,1-3H3/b10-7-,11-8-,19-16-,20-17-,27-25-,28-26-,32-31-,36-34-,38-35-,42-39-,51-48-. The number of ether oxygens (including phenoxy) is 3. The molecule has 0 rings (SSSR count). The first-order chi connectivity index (χ1) is 36.0. The van der Waals surface area contributed by atoms with Gasteiger partial charge in [0.25, 0.3) is 0 Å². The van der Waals surface area contributed by atoms with Gasteiger partial charge in [-0.3, -0.25) is 14.4 Å². The van der Waals surface area contributed by atoms with Crippen molar-refractivity contribution in [3.05, 3.63) is 134 Å². The molecule has 0 fully saturated rings. The number of hydrogen-bond acceptors (Lipinski definition) is 6. The number of rotatable bonds is 52. The molecule has 73 heavy (non-hydrogen) atoms. The third-order valence-electron chi connectivity index (χ3n) is 12.2. The van der Waals surface area contributed by atoms with Gasteiger partial charge in [0.1, 0.15) is 13.2 Å². The monoisotopic (exact) mass is 1010 g/mol. The van der Waals surface area contributed by atoms with Gasteiger partial charge in [0.2, 0.25) is 0 Å². The Morgan fingerprint density at radius 3 is 0.890 bits per heavy atom. The van der Waals surface area contributed by atoms with Crippen LogP contribution < -0.4 is 0 Å². The second-order valence-electron chi connectivity index (χ2n) is 19.1. The van der Waals surface area contributed by atoms with Gasteiger partial charge in [-0.15, -0.1) is 0 Å². The van der Waals surface area contributed by atoms with Crippen molar-refractivity contribution in [2.45, 2.75) is 258 Å². The van der Waals surface area contributed by atoms with E-state index in [1.54, 1.807) is 0 Å². The molecule has 0 saturated carbocycles. The third kappa shape index (κ3) is 58.3. The molecular formula is C67H108O6. The summed E-state index contributed by atoms with van der Waals surface area (Å²) in [4.78, 5) is 38.2. The number of hydrogen-bond donors (Lipinski definition) is 0. The molecule has 0 amide bonds. The molecule has 6 nitrogen and oxygen atoms in total. The van der Waals surface area contributed by atoms with E-state index >= 15 is 0 Å². The Balaban J connectivity index is 4.51. The van der Waals surface area contributed by atoms with Crippen molar-refractivity contribution in [1.29, 1.82) is 0 Å². The van der Waals surface area contributed by atoms with Crippen molar-refractivity contribution in [3.8, 4) is 0 Å². The smallest absolute Gasteiger partial charge is 0.306 e. The molecule has 0 aromatic carbocycles. The second-order valence-corrected chi connectivity index (χ2v) is 19.1. The molecule has 0 bridgehead atoms. The van der Waals surface area contributed by atoms with Crippen LogP contribution in [0.15, 0.2) is 134 Å². The first kappa shape index (κ1) is 68.6. The van der Waals surface area contributed by atoms with Crippen LogP contribution >= 0.6 is 0 Å². The van der Waals surface area contributed by atoms with Gasteiger partial charge < -0.3 is 14.2 Å². The number of esters is 3. The molecular weight excluding hydrogens is 901 g/mol. The molecule has 0 aliphatic rings. The zero-order valence-corrected chi connectivity index (χ0v) is 47.1. The molecule has 0 radical (unpaired) electrons. The van der Waals surface area contributed by atoms with E-state index in [1.807, 2.05) is 0 Å². The van der Waals surface area contributed by atoms with E-state index in [4.69, 9.17) is 14.2 Å². The van der Waals surface area contributed by atoms with E-state index in [-0.39, 0.29) is 37.5 Å². The largest absolute Gasteiger partial charge is 0.462 e. The lowest BCUT2D eigenvalue weighted by atomic mass is 10.0. The maximum atomic E-state index is 12.9. The van der Waals surface area contributed by atoms with Crippen molar-refractivity contribution in [2.75, 3.05) is 13.2 Å². The van der Waals surface area contributed by atoms with E-state index in [2.05, 4.69) is 154 Å². The normalized spacial score (nSPS) is 13.1. The molecule has 0 aromatic rings. The minimum absolute atomic E-state index is 0.104. The van der Waals surface area contributed by atoms with Crippen molar-refractivity contribution < 1.29 is 28.6 Å². The van der Waals surface area contributed by atoms with Gasteiger partial charge in [-0.05, 0) is 109 Å². The Labute approximate surface area is 449 Å². The molecule has 0 aromatic heterocycles. The van der Waals surface area contributed by atoms with Crippen molar-refractivity contribution in [3.63, 3.8) is 0 Å². The zero-order chi connectivity index (χ0) is 52.9. The minimum atomic E-state index is -0.813. The molecule has 0 aliphatic carbocycles. The van der Waals surface area contributed by atoms with Crippen molar-refractivity contribution >= 4 is 17.9 Å². The van der Waals surface area contributed by atoms with Gasteiger partial charge in [-0.25, -0.2) is 0 Å². The Hall–Kier alpha value is -4.45.